The van der Waals surface area contributed by atoms with Crippen molar-refractivity contribution in [1.82, 2.24) is 24.3 Å². The van der Waals surface area contributed by atoms with Gasteiger partial charge in [0.15, 0.2) is 0 Å². The van der Waals surface area contributed by atoms with Crippen molar-refractivity contribution in [1.29, 1.82) is 0 Å². The topological polar surface area (TPSA) is 71.3 Å². The summed E-state index contributed by atoms with van der Waals surface area (Å²) in [5, 5.41) is 0.585. The van der Waals surface area contributed by atoms with Gasteiger partial charge in [0.1, 0.15) is 0 Å². The van der Waals surface area contributed by atoms with Gasteiger partial charge in [0, 0.05) is 58.1 Å². The number of aromatic nitrogens is 3. The summed E-state index contributed by atoms with van der Waals surface area (Å²) in [7, 11) is 0. The maximum atomic E-state index is 12.6. The molecule has 0 unspecified atom stereocenters. The molecule has 1 saturated heterocycles. The minimum atomic E-state index is -0.0967. The number of carbonyl (C=O) groups is 1. The lowest BCUT2D eigenvalue weighted by molar-refractivity contribution is -0.133. The van der Waals surface area contributed by atoms with Crippen molar-refractivity contribution < 1.29 is 4.79 Å². The molecule has 1 aliphatic heterocycles. The van der Waals surface area contributed by atoms with Crippen molar-refractivity contribution in [2.75, 3.05) is 26.2 Å². The summed E-state index contributed by atoms with van der Waals surface area (Å²) >= 11 is 0. The summed E-state index contributed by atoms with van der Waals surface area (Å²) in [6.45, 7) is 4.37. The zero-order valence-corrected chi connectivity index (χ0v) is 15.7. The Morgan fingerprint density at radius 1 is 1.00 bits per heavy atom. The van der Waals surface area contributed by atoms with Gasteiger partial charge >= 0.3 is 0 Å². The minimum absolute atomic E-state index is 0.0867. The third-order valence-corrected chi connectivity index (χ3v) is 5.18. The summed E-state index contributed by atoms with van der Waals surface area (Å²) < 4.78 is 1.53. The fourth-order valence-electron chi connectivity index (χ4n) is 3.54. The van der Waals surface area contributed by atoms with E-state index in [9.17, 15) is 9.59 Å². The maximum absolute atomic E-state index is 12.6. The first-order valence-electron chi connectivity index (χ1n) is 9.54. The molecular formula is C21H23N5O2. The van der Waals surface area contributed by atoms with Gasteiger partial charge in [0.2, 0.25) is 5.91 Å². The number of para-hydroxylation sites is 1. The molecule has 3 aromatic rings. The Hall–Kier alpha value is -3.06. The first-order chi connectivity index (χ1) is 13.7. The molecule has 0 radical (unpaired) electrons. The second kappa shape index (κ2) is 8.31. The fraction of sp³-hybridized carbons (Fsp3) is 0.333. The Morgan fingerprint density at radius 3 is 2.54 bits per heavy atom. The van der Waals surface area contributed by atoms with Crippen LogP contribution in [0.4, 0.5) is 0 Å². The van der Waals surface area contributed by atoms with Gasteiger partial charge in [-0.3, -0.25) is 24.0 Å². The van der Waals surface area contributed by atoms with Crippen LogP contribution in [0.2, 0.25) is 0 Å². The van der Waals surface area contributed by atoms with Crippen molar-refractivity contribution in [3.05, 3.63) is 71.0 Å². The van der Waals surface area contributed by atoms with E-state index in [4.69, 9.17) is 0 Å². The first-order valence-corrected chi connectivity index (χ1v) is 9.54. The molecule has 144 valence electrons. The molecule has 0 N–H and O–H groups in total. The zero-order chi connectivity index (χ0) is 19.3. The molecule has 0 atom stereocenters. The van der Waals surface area contributed by atoms with E-state index in [-0.39, 0.29) is 11.5 Å². The van der Waals surface area contributed by atoms with Crippen LogP contribution in [0.25, 0.3) is 10.9 Å². The molecule has 4 rings (SSSR count). The SMILES string of the molecule is O=C(CCn1cnc2ccccc2c1=O)N1CCN(Cc2ccncc2)CC1. The molecule has 2 aromatic heterocycles. The van der Waals surface area contributed by atoms with E-state index in [1.807, 2.05) is 35.2 Å². The van der Waals surface area contributed by atoms with E-state index in [1.165, 1.54) is 16.5 Å². The minimum Gasteiger partial charge on any atom is -0.340 e. The van der Waals surface area contributed by atoms with E-state index in [0.717, 1.165) is 32.7 Å². The van der Waals surface area contributed by atoms with Gasteiger partial charge in [-0.2, -0.15) is 0 Å². The molecule has 7 nitrogen and oxygen atoms in total. The lowest BCUT2D eigenvalue weighted by atomic mass is 10.2. The number of fused-ring (bicyclic) bond motifs is 1. The van der Waals surface area contributed by atoms with Crippen LogP contribution in [0.15, 0.2) is 59.9 Å². The third kappa shape index (κ3) is 4.09. The number of hydrogen-bond acceptors (Lipinski definition) is 5. The second-order valence-corrected chi connectivity index (χ2v) is 7.02. The Balaban J connectivity index is 1.30. The number of aryl methyl sites for hydroxylation is 1. The molecule has 1 amide bonds. The molecule has 1 fully saturated rings. The van der Waals surface area contributed by atoms with Crippen molar-refractivity contribution in [3.8, 4) is 0 Å². The highest BCUT2D eigenvalue weighted by molar-refractivity contribution is 5.77. The predicted molar refractivity (Wildman–Crippen MR) is 107 cm³/mol. The van der Waals surface area contributed by atoms with E-state index in [1.54, 1.807) is 18.5 Å². The van der Waals surface area contributed by atoms with Gasteiger partial charge in [0.25, 0.3) is 5.56 Å². The highest BCUT2D eigenvalue weighted by Crippen LogP contribution is 2.09. The van der Waals surface area contributed by atoms with Crippen LogP contribution in [0, 0.1) is 0 Å². The highest BCUT2D eigenvalue weighted by atomic mass is 16.2. The van der Waals surface area contributed by atoms with Gasteiger partial charge < -0.3 is 4.90 Å². The number of hydrogen-bond donors (Lipinski definition) is 0. The van der Waals surface area contributed by atoms with E-state index < -0.39 is 0 Å². The van der Waals surface area contributed by atoms with Crippen molar-refractivity contribution >= 4 is 16.8 Å². The largest absolute Gasteiger partial charge is 0.340 e. The lowest BCUT2D eigenvalue weighted by Gasteiger charge is -2.34. The number of nitrogens with zero attached hydrogens (tertiary/aromatic N) is 5. The molecular weight excluding hydrogens is 354 g/mol. The van der Waals surface area contributed by atoms with Gasteiger partial charge in [0.05, 0.1) is 17.2 Å². The zero-order valence-electron chi connectivity index (χ0n) is 15.7. The Labute approximate surface area is 163 Å². The van der Waals surface area contributed by atoms with Gasteiger partial charge in [-0.1, -0.05) is 12.1 Å². The van der Waals surface area contributed by atoms with Crippen LogP contribution in [0.5, 0.6) is 0 Å². The van der Waals surface area contributed by atoms with Crippen molar-refractivity contribution in [2.24, 2.45) is 0 Å². The van der Waals surface area contributed by atoms with E-state index in [2.05, 4.69) is 14.9 Å². The van der Waals surface area contributed by atoms with E-state index in [0.29, 0.717) is 23.9 Å². The molecule has 0 spiro atoms. The average Bonchev–Trinajstić information content (AvgIpc) is 2.74. The molecule has 1 aromatic carbocycles. The standard InChI is InChI=1S/C21H23N5O2/c27-20(7-10-26-16-23-19-4-2-1-3-18(19)21(26)28)25-13-11-24(12-14-25)15-17-5-8-22-9-6-17/h1-6,8-9,16H,7,10-15H2. The summed E-state index contributed by atoms with van der Waals surface area (Å²) in [4.78, 5) is 37.7. The molecule has 28 heavy (non-hydrogen) atoms. The van der Waals surface area contributed by atoms with E-state index >= 15 is 0 Å². The molecule has 0 aliphatic carbocycles. The molecule has 0 saturated carbocycles. The number of carbonyl (C=O) groups excluding carboxylic acids is 1. The number of piperazine rings is 1. The molecule has 7 heteroatoms. The summed E-state index contributed by atoms with van der Waals surface area (Å²) in [6, 6.07) is 11.3. The summed E-state index contributed by atoms with van der Waals surface area (Å²) in [6.07, 6.45) is 5.45. The lowest BCUT2D eigenvalue weighted by Crippen LogP contribution is -2.48. The van der Waals surface area contributed by atoms with Crippen LogP contribution < -0.4 is 5.56 Å². The Kier molecular flexibility index (Phi) is 5.43. The fourth-order valence-corrected chi connectivity index (χ4v) is 3.54. The second-order valence-electron chi connectivity index (χ2n) is 7.02. The van der Waals surface area contributed by atoms with Crippen molar-refractivity contribution in [3.63, 3.8) is 0 Å². The highest BCUT2D eigenvalue weighted by Gasteiger charge is 2.21. The molecule has 1 aliphatic rings. The van der Waals surface area contributed by atoms with Gasteiger partial charge in [-0.25, -0.2) is 4.98 Å². The van der Waals surface area contributed by atoms with Crippen LogP contribution in [0.3, 0.4) is 0 Å². The van der Waals surface area contributed by atoms with Crippen LogP contribution in [-0.4, -0.2) is 56.4 Å². The number of pyridine rings is 1. The average molecular weight is 377 g/mol. The normalized spacial score (nSPS) is 15.1. The Bertz CT molecular complexity index is 1010. The third-order valence-electron chi connectivity index (χ3n) is 5.18. The monoisotopic (exact) mass is 377 g/mol. The number of rotatable bonds is 5. The molecule has 0 bridgehead atoms. The summed E-state index contributed by atoms with van der Waals surface area (Å²) in [5.74, 6) is 0.0867. The van der Waals surface area contributed by atoms with Crippen molar-refractivity contribution in [2.45, 2.75) is 19.5 Å². The van der Waals surface area contributed by atoms with Crippen LogP contribution in [0.1, 0.15) is 12.0 Å². The van der Waals surface area contributed by atoms with Crippen LogP contribution >= 0.6 is 0 Å². The molecule has 3 heterocycles. The Morgan fingerprint density at radius 2 is 1.75 bits per heavy atom. The van der Waals surface area contributed by atoms with Crippen LogP contribution in [-0.2, 0) is 17.9 Å². The smallest absolute Gasteiger partial charge is 0.261 e. The number of benzene rings is 1. The maximum Gasteiger partial charge on any atom is 0.261 e. The van der Waals surface area contributed by atoms with Gasteiger partial charge in [-0.15, -0.1) is 0 Å². The quantitative estimate of drug-likeness (QED) is 0.674. The summed E-state index contributed by atoms with van der Waals surface area (Å²) in [5.41, 5.74) is 1.82. The van der Waals surface area contributed by atoms with Gasteiger partial charge in [-0.05, 0) is 29.8 Å². The predicted octanol–water partition coefficient (Wildman–Crippen LogP) is 1.53. The first kappa shape index (κ1) is 18.3. The number of amides is 1.